The van der Waals surface area contributed by atoms with Crippen molar-refractivity contribution >= 4 is 60.7 Å². The molecule has 6 aliphatic carbocycles. The van der Waals surface area contributed by atoms with Gasteiger partial charge < -0.3 is 14.8 Å². The van der Waals surface area contributed by atoms with Gasteiger partial charge in [-0.25, -0.2) is 8.42 Å². The molecule has 9 unspecified atom stereocenters. The van der Waals surface area contributed by atoms with Crippen LogP contribution in [0.25, 0.3) is 0 Å². The van der Waals surface area contributed by atoms with Gasteiger partial charge in [-0.2, -0.15) is 42.1 Å². The number of aliphatic hydroxyl groups excluding tert-OH is 2. The summed E-state index contributed by atoms with van der Waals surface area (Å²) in [6.45, 7) is 11.3. The quantitative estimate of drug-likeness (QED) is 0.0672. The highest BCUT2D eigenvalue weighted by Gasteiger charge is 2.50. The van der Waals surface area contributed by atoms with Gasteiger partial charge >= 0.3 is 0 Å². The van der Waals surface area contributed by atoms with Gasteiger partial charge in [-0.3, -0.25) is 21.3 Å². The van der Waals surface area contributed by atoms with Crippen LogP contribution in [0, 0.1) is 65.2 Å². The molecule has 13 rings (SSSR count). The van der Waals surface area contributed by atoms with Crippen LogP contribution in [-0.4, -0.2) is 106 Å². The summed E-state index contributed by atoms with van der Waals surface area (Å²) in [7, 11) is -23.0. The molecule has 0 aromatic heterocycles. The number of aryl methyl sites for hydroxylation is 6. The molecule has 100 heavy (non-hydrogen) atoms. The van der Waals surface area contributed by atoms with E-state index in [0.29, 0.717) is 24.7 Å². The predicted molar refractivity (Wildman–Crippen MR) is 379 cm³/mol. The van der Waals surface area contributed by atoms with Gasteiger partial charge in [-0.15, -0.1) is 0 Å². The highest BCUT2D eigenvalue weighted by molar-refractivity contribution is 7.87. The smallest absolute Gasteiger partial charge is 0.297 e. The van der Waals surface area contributed by atoms with Crippen molar-refractivity contribution in [3.05, 3.63) is 215 Å². The maximum absolute atomic E-state index is 12.2. The first kappa shape index (κ1) is 81.2. The van der Waals surface area contributed by atoms with Crippen molar-refractivity contribution in [3.63, 3.8) is 0 Å². The molecule has 0 spiro atoms. The van der Waals surface area contributed by atoms with E-state index in [0.717, 1.165) is 110 Å². The summed E-state index contributed by atoms with van der Waals surface area (Å²) in [4.78, 5) is 0.592. The van der Waals surface area contributed by atoms with E-state index >= 15 is 0 Å². The second-order valence-corrected chi connectivity index (χ2v) is 35.4. The van der Waals surface area contributed by atoms with E-state index in [1.165, 1.54) is 49.2 Å². The Balaban J connectivity index is 0.000000167. The third-order valence-electron chi connectivity index (χ3n) is 18.2. The minimum absolute atomic E-state index is 0.0666. The Bertz CT molecular complexity index is 4210. The molecule has 20 nitrogen and oxygen atoms in total. The van der Waals surface area contributed by atoms with Gasteiger partial charge in [0.1, 0.15) is 22.3 Å². The molecule has 0 aliphatic heterocycles. The molecule has 0 heterocycles. The van der Waals surface area contributed by atoms with Crippen LogP contribution in [0.2, 0.25) is 0 Å². The Labute approximate surface area is 592 Å². The Morgan fingerprint density at radius 2 is 0.660 bits per heavy atom. The molecule has 3 N–H and O–H groups in total. The molecule has 0 amide bonds. The molecular weight excluding hydrogens is 1400 g/mol. The van der Waals surface area contributed by atoms with Crippen molar-refractivity contribution in [3.8, 4) is 0 Å². The zero-order valence-electron chi connectivity index (χ0n) is 57.1. The van der Waals surface area contributed by atoms with Crippen molar-refractivity contribution in [2.24, 2.45) is 23.7 Å². The van der Waals surface area contributed by atoms with E-state index in [9.17, 15) is 65.3 Å². The Kier molecular flexibility index (Phi) is 29.9. The van der Waals surface area contributed by atoms with Gasteiger partial charge in [-0.05, 0) is 209 Å². The number of fused-ring (bicyclic) bond motifs is 4. The van der Waals surface area contributed by atoms with Crippen LogP contribution in [0.4, 0.5) is 0 Å². The lowest BCUT2D eigenvalue weighted by Crippen LogP contribution is -2.36. The van der Waals surface area contributed by atoms with Crippen LogP contribution in [0.15, 0.2) is 211 Å². The lowest BCUT2D eigenvalue weighted by Gasteiger charge is -2.26. The van der Waals surface area contributed by atoms with Gasteiger partial charge in [0.15, 0.2) is 0 Å². The summed E-state index contributed by atoms with van der Waals surface area (Å²) in [6.07, 6.45) is 12.6. The van der Waals surface area contributed by atoms with E-state index in [1.807, 2.05) is 77.9 Å². The monoisotopic (exact) mass is 1490 g/mol. The molecule has 7 aromatic rings. The molecule has 7 aromatic carbocycles. The Morgan fingerprint density at radius 3 is 1.00 bits per heavy atom. The van der Waals surface area contributed by atoms with Gasteiger partial charge in [0, 0.05) is 0 Å². The maximum atomic E-state index is 12.2. The highest BCUT2D eigenvalue weighted by Crippen LogP contribution is 2.48. The summed E-state index contributed by atoms with van der Waals surface area (Å²) in [5.74, 6) is 1.53. The topological polar surface area (TPSA) is 326 Å². The first-order chi connectivity index (χ1) is 47.1. The Hall–Kier alpha value is -6.08. The fraction of sp³-hybridized carbons (Fsp3) is 0.432. The average molecular weight is 1490 g/mol. The van der Waals surface area contributed by atoms with Gasteiger partial charge in [0.2, 0.25) is 0 Å². The summed E-state index contributed by atoms with van der Waals surface area (Å²) >= 11 is 0. The molecule has 4 bridgehead atoms. The lowest BCUT2D eigenvalue weighted by molar-refractivity contribution is 0.00282. The van der Waals surface area contributed by atoms with Crippen LogP contribution < -0.4 is 0 Å². The van der Waals surface area contributed by atoms with Crippen LogP contribution >= 0.6 is 0 Å². The van der Waals surface area contributed by atoms with Crippen LogP contribution in [0.3, 0.4) is 0 Å². The molecule has 6 fully saturated rings. The zero-order valence-corrected chi connectivity index (χ0v) is 62.0. The third kappa shape index (κ3) is 25.4. The van der Waals surface area contributed by atoms with Gasteiger partial charge in [0.25, 0.3) is 50.6 Å². The van der Waals surface area contributed by atoms with Crippen molar-refractivity contribution in [1.82, 2.24) is 0 Å². The summed E-state index contributed by atoms with van der Waals surface area (Å²) in [5.41, 5.74) is 5.97. The number of hydrogen-bond donors (Lipinski definition) is 3. The number of hydrogen-bond acceptors (Lipinski definition) is 19. The molecule has 26 heteroatoms. The maximum Gasteiger partial charge on any atom is 0.297 e. The molecule has 6 aliphatic rings. The lowest BCUT2D eigenvalue weighted by atomic mass is 9.95. The first-order valence-electron chi connectivity index (χ1n) is 33.5. The minimum Gasteiger partial charge on any atom is -0.744 e. The van der Waals surface area contributed by atoms with Crippen LogP contribution in [0.1, 0.15) is 136 Å². The second-order valence-electron chi connectivity index (χ2n) is 26.3. The van der Waals surface area contributed by atoms with Gasteiger partial charge in [-0.1, -0.05) is 175 Å². The number of aliphatic hydroxyl groups is 2. The SMILES string of the molecule is Cc1ccc(S(=O)(=O)O)cc1.Cc1ccc(S(=O)(=O)OC2C3CCC(C3)C2O)cc1.Cc1ccc(S(=O)(=O)OC2CC3CCC2C3)cc1.Cc1ccc(S(=O)(=O)OC2CCCCC2)cc1.Cc1ccc(S(=O)(=O)OC2CCCCC2O)cc1.Cc1ccc(S(=O)(=O)[O-])cc1.c1ccccc1. The molecule has 0 saturated heterocycles. The normalized spacial score (nSPS) is 22.6. The van der Waals surface area contributed by atoms with Crippen molar-refractivity contribution in [2.75, 3.05) is 0 Å². The first-order valence-corrected chi connectivity index (χ1v) is 42.0. The molecule has 0 radical (unpaired) electrons. The largest absolute Gasteiger partial charge is 0.744 e. The summed E-state index contributed by atoms with van der Waals surface area (Å²) in [6, 6.07) is 50.5. The minimum atomic E-state index is -4.27. The van der Waals surface area contributed by atoms with E-state index < -0.39 is 85.1 Å². The fourth-order valence-corrected chi connectivity index (χ4v) is 18.0. The molecule has 6 saturated carbocycles. The van der Waals surface area contributed by atoms with Crippen LogP contribution in [-0.2, 0) is 77.4 Å². The van der Waals surface area contributed by atoms with E-state index in [4.69, 9.17) is 21.3 Å². The molecular formula is C74H93O20S6-. The zero-order chi connectivity index (χ0) is 73.1. The molecule has 9 atom stereocenters. The third-order valence-corrected chi connectivity index (χ3v) is 25.3. The summed E-state index contributed by atoms with van der Waals surface area (Å²) < 4.78 is 179. The standard InChI is InChI=1S/C14H18O4S.C14H18O3S.C13H18O4S.C13H18O3S.2C7H8O3S.C6H6/c1-9-2-6-12(7-3-9)19(16,17)18-14-11-5-4-10(8-11)13(14)15;1-10-2-6-13(7-3-10)18(15,16)17-14-9-11-4-5-12(14)8-11;1-10-6-8-11(9-7-10)18(15,16)17-13-5-3-2-4-12(13)14;1-11-7-9-13(10-8-11)17(14,15)16-12-5-3-2-4-6-12;2*1-6-2-4-7(5-3-6)11(8,9)10;1-2-4-6-5-3-1/h2-3,6-7,10-11,13-15H,4-5,8H2,1H3;2-3,6-7,11-12,14H,4-5,8-9H2,1H3;6-9,12-14H,2-5H2,1H3;7-10,12H,2-6H2,1H3;2*2-5H,1H3,(H,8,9,10);1-6H/p-1. The highest BCUT2D eigenvalue weighted by atomic mass is 32.2. The Morgan fingerprint density at radius 1 is 0.330 bits per heavy atom. The van der Waals surface area contributed by atoms with Crippen molar-refractivity contribution in [1.29, 1.82) is 0 Å². The predicted octanol–water partition coefficient (Wildman–Crippen LogP) is 13.6. The summed E-state index contributed by atoms with van der Waals surface area (Å²) in [5, 5.41) is 19.8. The number of benzene rings is 7. The average Bonchev–Trinajstić information content (AvgIpc) is 1.76. The molecule has 546 valence electrons. The van der Waals surface area contributed by atoms with Crippen molar-refractivity contribution in [2.45, 2.75) is 210 Å². The van der Waals surface area contributed by atoms with Crippen molar-refractivity contribution < 1.29 is 86.6 Å². The number of rotatable bonds is 14. The van der Waals surface area contributed by atoms with Gasteiger partial charge in [0.05, 0.1) is 53.8 Å². The van der Waals surface area contributed by atoms with E-state index in [2.05, 4.69) is 0 Å². The van der Waals surface area contributed by atoms with Crippen LogP contribution in [0.5, 0.6) is 0 Å². The fourth-order valence-electron chi connectivity index (χ4n) is 12.5. The van der Waals surface area contributed by atoms with E-state index in [1.54, 1.807) is 109 Å². The van der Waals surface area contributed by atoms with E-state index in [-0.39, 0.29) is 53.4 Å². The second kappa shape index (κ2) is 36.9.